The van der Waals surface area contributed by atoms with Crippen molar-refractivity contribution in [1.29, 1.82) is 0 Å². The molecule has 0 radical (unpaired) electrons. The van der Waals surface area contributed by atoms with Crippen molar-refractivity contribution < 1.29 is 45.1 Å². The standard InChI is InChI=1S/C16H9F7N2O3/c17-8-3-1-2-7(12(8)19)15(27)25-14-9(18)4-5-10(13(14)20)24-11(26)6-28-16(21,22)23/h1-5H,6H2,(H,24,26)(H,25,27). The van der Waals surface area contributed by atoms with Crippen LogP contribution in [0.1, 0.15) is 10.4 Å². The Morgan fingerprint density at radius 2 is 1.57 bits per heavy atom. The Hall–Kier alpha value is -3.15. The lowest BCUT2D eigenvalue weighted by atomic mass is 10.1. The van der Waals surface area contributed by atoms with Crippen molar-refractivity contribution in [3.63, 3.8) is 0 Å². The molecule has 2 amide bonds. The van der Waals surface area contributed by atoms with Crippen LogP contribution >= 0.6 is 0 Å². The minimum atomic E-state index is -5.10. The van der Waals surface area contributed by atoms with E-state index in [4.69, 9.17) is 0 Å². The third-order valence-electron chi connectivity index (χ3n) is 3.17. The Morgan fingerprint density at radius 1 is 0.893 bits per heavy atom. The van der Waals surface area contributed by atoms with E-state index in [1.807, 2.05) is 0 Å². The first kappa shape index (κ1) is 21.2. The van der Waals surface area contributed by atoms with Crippen LogP contribution in [0, 0.1) is 23.3 Å². The lowest BCUT2D eigenvalue weighted by molar-refractivity contribution is -0.320. The van der Waals surface area contributed by atoms with Gasteiger partial charge in [0.2, 0.25) is 0 Å². The van der Waals surface area contributed by atoms with Gasteiger partial charge in [0, 0.05) is 0 Å². The van der Waals surface area contributed by atoms with Crippen LogP contribution in [0.4, 0.5) is 42.1 Å². The number of rotatable bonds is 5. The number of alkyl halides is 3. The molecular formula is C16H9F7N2O3. The fraction of sp³-hybridized carbons (Fsp3) is 0.125. The maximum atomic E-state index is 14.3. The molecule has 5 nitrogen and oxygen atoms in total. The number of anilines is 2. The number of amides is 2. The number of carbonyl (C=O) groups excluding carboxylic acids is 2. The smallest absolute Gasteiger partial charge is 0.321 e. The largest absolute Gasteiger partial charge is 0.523 e. The Kier molecular flexibility index (Phi) is 6.23. The van der Waals surface area contributed by atoms with Crippen LogP contribution in [0.5, 0.6) is 0 Å². The summed E-state index contributed by atoms with van der Waals surface area (Å²) in [4.78, 5) is 23.3. The van der Waals surface area contributed by atoms with Crippen molar-refractivity contribution in [3.8, 4) is 0 Å². The molecule has 150 valence electrons. The quantitative estimate of drug-likeness (QED) is 0.734. The van der Waals surface area contributed by atoms with Gasteiger partial charge in [0.25, 0.3) is 11.8 Å². The van der Waals surface area contributed by atoms with Crippen LogP contribution in [0.25, 0.3) is 0 Å². The summed E-state index contributed by atoms with van der Waals surface area (Å²) in [5, 5.41) is 3.37. The zero-order valence-electron chi connectivity index (χ0n) is 13.5. The molecule has 0 atom stereocenters. The summed E-state index contributed by atoms with van der Waals surface area (Å²) in [6, 6.07) is 3.81. The number of carbonyl (C=O) groups is 2. The summed E-state index contributed by atoms with van der Waals surface area (Å²) in [5.74, 6) is -8.67. The zero-order valence-corrected chi connectivity index (χ0v) is 13.5. The Balaban J connectivity index is 2.21. The summed E-state index contributed by atoms with van der Waals surface area (Å²) in [7, 11) is 0. The lowest BCUT2D eigenvalue weighted by Crippen LogP contribution is -2.25. The van der Waals surface area contributed by atoms with Gasteiger partial charge in [-0.1, -0.05) is 6.07 Å². The van der Waals surface area contributed by atoms with Crippen molar-refractivity contribution in [1.82, 2.24) is 0 Å². The highest BCUT2D eigenvalue weighted by molar-refractivity contribution is 6.05. The van der Waals surface area contributed by atoms with Crippen LogP contribution in [0.15, 0.2) is 30.3 Å². The molecule has 2 N–H and O–H groups in total. The van der Waals surface area contributed by atoms with Crippen molar-refractivity contribution in [2.75, 3.05) is 17.2 Å². The molecule has 0 aliphatic heterocycles. The second-order valence-electron chi connectivity index (χ2n) is 5.12. The van der Waals surface area contributed by atoms with Crippen molar-refractivity contribution >= 4 is 23.2 Å². The van der Waals surface area contributed by atoms with Crippen molar-refractivity contribution in [2.24, 2.45) is 0 Å². The summed E-state index contributed by atoms with van der Waals surface area (Å²) >= 11 is 0. The normalized spacial score (nSPS) is 11.2. The molecule has 0 heterocycles. The van der Waals surface area contributed by atoms with Gasteiger partial charge in [-0.25, -0.2) is 17.6 Å². The molecule has 0 saturated carbocycles. The Morgan fingerprint density at radius 3 is 2.21 bits per heavy atom. The summed E-state index contributed by atoms with van der Waals surface area (Å²) in [5.41, 5.74) is -2.78. The van der Waals surface area contributed by atoms with Gasteiger partial charge in [-0.15, -0.1) is 13.2 Å². The highest BCUT2D eigenvalue weighted by Crippen LogP contribution is 2.27. The minimum absolute atomic E-state index is 0.584. The first-order chi connectivity index (χ1) is 13.0. The number of benzene rings is 2. The molecule has 0 aromatic heterocycles. The maximum absolute atomic E-state index is 14.3. The summed E-state index contributed by atoms with van der Waals surface area (Å²) in [6.07, 6.45) is -5.10. The molecule has 28 heavy (non-hydrogen) atoms. The topological polar surface area (TPSA) is 67.4 Å². The molecule has 2 aromatic rings. The predicted molar refractivity (Wildman–Crippen MR) is 81.3 cm³/mol. The number of hydrogen-bond acceptors (Lipinski definition) is 3. The van der Waals surface area contributed by atoms with Crippen LogP contribution in [0.3, 0.4) is 0 Å². The molecular weight excluding hydrogens is 401 g/mol. The van der Waals surface area contributed by atoms with E-state index in [1.54, 1.807) is 10.6 Å². The van der Waals surface area contributed by atoms with E-state index in [1.165, 1.54) is 0 Å². The van der Waals surface area contributed by atoms with E-state index in [0.29, 0.717) is 18.2 Å². The summed E-state index contributed by atoms with van der Waals surface area (Å²) < 4.78 is 93.8. The third kappa shape index (κ3) is 5.19. The molecule has 2 rings (SSSR count). The molecule has 0 fully saturated rings. The maximum Gasteiger partial charge on any atom is 0.523 e. The van der Waals surface area contributed by atoms with Gasteiger partial charge in [-0.05, 0) is 24.3 Å². The number of halogens is 7. The van der Waals surface area contributed by atoms with Gasteiger partial charge in [-0.3, -0.25) is 14.3 Å². The predicted octanol–water partition coefficient (Wildman–Crippen LogP) is 3.97. The Labute approximate surface area is 152 Å². The number of ether oxygens (including phenoxy) is 1. The SMILES string of the molecule is O=C(COC(F)(F)F)Nc1ccc(F)c(NC(=O)c2cccc(F)c2F)c1F. The van der Waals surface area contributed by atoms with Crippen molar-refractivity contribution in [3.05, 3.63) is 59.2 Å². The molecule has 0 bridgehead atoms. The monoisotopic (exact) mass is 410 g/mol. The average Bonchev–Trinajstić information content (AvgIpc) is 2.61. The third-order valence-corrected chi connectivity index (χ3v) is 3.17. The van der Waals surface area contributed by atoms with Gasteiger partial charge in [0.1, 0.15) is 18.1 Å². The fourth-order valence-electron chi connectivity index (χ4n) is 1.96. The van der Waals surface area contributed by atoms with Gasteiger partial charge >= 0.3 is 6.36 Å². The lowest BCUT2D eigenvalue weighted by Gasteiger charge is -2.13. The van der Waals surface area contributed by atoms with Gasteiger partial charge in [-0.2, -0.15) is 0 Å². The Bertz CT molecular complexity index is 916. The second-order valence-corrected chi connectivity index (χ2v) is 5.12. The van der Waals surface area contributed by atoms with Gasteiger partial charge < -0.3 is 10.6 Å². The average molecular weight is 410 g/mol. The first-order valence-corrected chi connectivity index (χ1v) is 7.23. The van der Waals surface area contributed by atoms with Gasteiger partial charge in [0.15, 0.2) is 17.5 Å². The van der Waals surface area contributed by atoms with E-state index < -0.39 is 65.0 Å². The number of hydrogen-bond donors (Lipinski definition) is 2. The van der Waals surface area contributed by atoms with E-state index in [9.17, 15) is 40.3 Å². The zero-order chi connectivity index (χ0) is 21.1. The van der Waals surface area contributed by atoms with Crippen LogP contribution in [0.2, 0.25) is 0 Å². The van der Waals surface area contributed by atoms with Crippen LogP contribution < -0.4 is 10.6 Å². The van der Waals surface area contributed by atoms with E-state index in [0.717, 1.165) is 12.1 Å². The molecule has 0 unspecified atom stereocenters. The van der Waals surface area contributed by atoms with Crippen LogP contribution in [-0.2, 0) is 9.53 Å². The minimum Gasteiger partial charge on any atom is -0.321 e. The van der Waals surface area contributed by atoms with E-state index in [2.05, 4.69) is 4.74 Å². The summed E-state index contributed by atoms with van der Waals surface area (Å²) in [6.45, 7) is -1.50. The van der Waals surface area contributed by atoms with Gasteiger partial charge in [0.05, 0.1) is 11.3 Å². The van der Waals surface area contributed by atoms with E-state index in [-0.39, 0.29) is 0 Å². The first-order valence-electron chi connectivity index (χ1n) is 7.23. The molecule has 0 aliphatic carbocycles. The fourth-order valence-corrected chi connectivity index (χ4v) is 1.96. The second kappa shape index (κ2) is 8.25. The molecule has 12 heteroatoms. The molecule has 0 saturated heterocycles. The highest BCUT2D eigenvalue weighted by Gasteiger charge is 2.30. The molecule has 0 aliphatic rings. The van der Waals surface area contributed by atoms with Crippen LogP contribution in [-0.4, -0.2) is 24.8 Å². The number of nitrogens with one attached hydrogen (secondary N) is 2. The van der Waals surface area contributed by atoms with Crippen molar-refractivity contribution in [2.45, 2.75) is 6.36 Å². The molecule has 2 aromatic carbocycles. The van der Waals surface area contributed by atoms with E-state index >= 15 is 0 Å². The highest BCUT2D eigenvalue weighted by atomic mass is 19.4. The molecule has 0 spiro atoms.